The van der Waals surface area contributed by atoms with Crippen LogP contribution in [0, 0.1) is 0 Å². The molecule has 2 amide bonds. The van der Waals surface area contributed by atoms with E-state index in [-0.39, 0.29) is 6.61 Å². The van der Waals surface area contributed by atoms with Gasteiger partial charge >= 0.3 is 0 Å². The minimum absolute atomic E-state index is 0.156. The summed E-state index contributed by atoms with van der Waals surface area (Å²) in [6, 6.07) is 10.8. The van der Waals surface area contributed by atoms with Crippen LogP contribution in [-0.4, -0.2) is 21.5 Å². The molecule has 0 aliphatic carbocycles. The Morgan fingerprint density at radius 3 is 2.50 bits per heavy atom. The van der Waals surface area contributed by atoms with Crippen molar-refractivity contribution in [2.24, 2.45) is 7.05 Å². The van der Waals surface area contributed by atoms with E-state index < -0.39 is 11.8 Å². The van der Waals surface area contributed by atoms with Gasteiger partial charge in [0.1, 0.15) is 0 Å². The zero-order valence-electron chi connectivity index (χ0n) is 12.8. The molecule has 0 spiro atoms. The molecule has 1 aliphatic rings. The molecule has 4 rings (SSSR count). The van der Waals surface area contributed by atoms with Crippen molar-refractivity contribution in [1.82, 2.24) is 9.88 Å². The van der Waals surface area contributed by atoms with Gasteiger partial charge in [0.15, 0.2) is 0 Å². The second kappa shape index (κ2) is 5.19. The maximum Gasteiger partial charge on any atom is 0.259 e. The van der Waals surface area contributed by atoms with Gasteiger partial charge in [0.2, 0.25) is 0 Å². The van der Waals surface area contributed by atoms with Crippen LogP contribution in [0.15, 0.2) is 36.4 Å². The van der Waals surface area contributed by atoms with Crippen LogP contribution in [0.3, 0.4) is 0 Å². The molecule has 0 radical (unpaired) electrons. The smallest absolute Gasteiger partial charge is 0.259 e. The second-order valence-electron chi connectivity index (χ2n) is 5.72. The monoisotopic (exact) mass is 340 g/mol. The molecule has 0 atom stereocenters. The van der Waals surface area contributed by atoms with Crippen LogP contribution in [0.5, 0.6) is 0 Å². The summed E-state index contributed by atoms with van der Waals surface area (Å²) in [5.74, 6) is -0.856. The molecule has 2 aromatic carbocycles. The molecule has 1 aliphatic heterocycles. The summed E-state index contributed by atoms with van der Waals surface area (Å²) < 4.78 is 1.81. The predicted molar refractivity (Wildman–Crippen MR) is 91.1 cm³/mol. The van der Waals surface area contributed by atoms with Gasteiger partial charge in [0.25, 0.3) is 11.8 Å². The zero-order chi connectivity index (χ0) is 17.0. The summed E-state index contributed by atoms with van der Waals surface area (Å²) in [4.78, 5) is 24.7. The summed E-state index contributed by atoms with van der Waals surface area (Å²) in [6.07, 6.45) is 0. The number of carbonyl (C=O) groups excluding carboxylic acids is 2. The fourth-order valence-corrected chi connectivity index (χ4v) is 3.51. The Morgan fingerprint density at radius 1 is 1.08 bits per heavy atom. The molecule has 0 saturated carbocycles. The summed E-state index contributed by atoms with van der Waals surface area (Å²) in [5.41, 5.74) is 3.39. The van der Waals surface area contributed by atoms with Gasteiger partial charge in [0, 0.05) is 34.2 Å². The minimum atomic E-state index is -0.429. The fourth-order valence-electron chi connectivity index (χ4n) is 3.27. The number of aliphatic hydroxyl groups excluding tert-OH is 1. The van der Waals surface area contributed by atoms with E-state index in [1.54, 1.807) is 12.1 Å². The highest BCUT2D eigenvalue weighted by atomic mass is 35.5. The molecule has 5 nitrogen and oxygen atoms in total. The molecule has 0 saturated heterocycles. The third-order valence-corrected chi connectivity index (χ3v) is 4.79. The molecule has 2 heterocycles. The van der Waals surface area contributed by atoms with Crippen molar-refractivity contribution in [1.29, 1.82) is 0 Å². The van der Waals surface area contributed by atoms with Crippen LogP contribution >= 0.6 is 11.6 Å². The van der Waals surface area contributed by atoms with Crippen LogP contribution in [0.1, 0.15) is 26.4 Å². The molecular weight excluding hydrogens is 328 g/mol. The number of hydrogen-bond donors (Lipinski definition) is 2. The summed E-state index contributed by atoms with van der Waals surface area (Å²) >= 11 is 6.30. The van der Waals surface area contributed by atoms with Crippen LogP contribution in [-0.2, 0) is 13.7 Å². The first kappa shape index (κ1) is 14.9. The number of rotatable bonds is 2. The van der Waals surface area contributed by atoms with E-state index in [4.69, 9.17) is 11.6 Å². The number of aryl methyl sites for hydroxylation is 1. The maximum atomic E-state index is 12.4. The number of benzene rings is 2. The van der Waals surface area contributed by atoms with E-state index >= 15 is 0 Å². The van der Waals surface area contributed by atoms with Crippen molar-refractivity contribution in [3.63, 3.8) is 0 Å². The fraction of sp³-hybridized carbons (Fsp3) is 0.111. The van der Waals surface area contributed by atoms with Crippen LogP contribution in [0.25, 0.3) is 22.0 Å². The van der Waals surface area contributed by atoms with Crippen molar-refractivity contribution >= 4 is 34.3 Å². The van der Waals surface area contributed by atoms with Crippen molar-refractivity contribution in [2.45, 2.75) is 6.61 Å². The number of nitrogens with one attached hydrogen (secondary N) is 1. The molecule has 3 aromatic rings. The van der Waals surface area contributed by atoms with E-state index in [0.29, 0.717) is 38.4 Å². The highest BCUT2D eigenvalue weighted by molar-refractivity contribution is 6.35. The molecule has 0 unspecified atom stereocenters. The quantitative estimate of drug-likeness (QED) is 0.705. The average Bonchev–Trinajstić information content (AvgIpc) is 3.04. The Bertz CT molecular complexity index is 1040. The van der Waals surface area contributed by atoms with Crippen molar-refractivity contribution in [3.8, 4) is 11.1 Å². The van der Waals surface area contributed by atoms with Gasteiger partial charge in [-0.25, -0.2) is 0 Å². The summed E-state index contributed by atoms with van der Waals surface area (Å²) in [7, 11) is 1.81. The normalized spacial score (nSPS) is 13.5. The van der Waals surface area contributed by atoms with Crippen LogP contribution in [0.2, 0.25) is 5.02 Å². The largest absolute Gasteiger partial charge is 0.390 e. The van der Waals surface area contributed by atoms with Gasteiger partial charge in [-0.1, -0.05) is 29.8 Å². The second-order valence-corrected chi connectivity index (χ2v) is 6.13. The molecule has 24 heavy (non-hydrogen) atoms. The molecule has 6 heteroatoms. The third-order valence-electron chi connectivity index (χ3n) is 4.46. The van der Waals surface area contributed by atoms with Crippen LogP contribution in [0.4, 0.5) is 0 Å². The number of carbonyl (C=O) groups is 2. The lowest BCUT2D eigenvalue weighted by molar-refractivity contribution is 0.0880. The van der Waals surface area contributed by atoms with Gasteiger partial charge in [-0.2, -0.15) is 0 Å². The summed E-state index contributed by atoms with van der Waals surface area (Å²) in [5, 5.41) is 13.0. The topological polar surface area (TPSA) is 71.3 Å². The lowest BCUT2D eigenvalue weighted by atomic mass is 9.94. The van der Waals surface area contributed by atoms with Gasteiger partial charge in [0.05, 0.1) is 17.7 Å². The Hall–Kier alpha value is -2.63. The number of hydrogen-bond acceptors (Lipinski definition) is 3. The highest BCUT2D eigenvalue weighted by Gasteiger charge is 2.33. The Kier molecular flexibility index (Phi) is 3.23. The van der Waals surface area contributed by atoms with E-state index in [0.717, 1.165) is 5.52 Å². The molecular formula is C18H13ClN2O3. The lowest BCUT2D eigenvalue weighted by Crippen LogP contribution is -2.20. The van der Waals surface area contributed by atoms with Crippen molar-refractivity contribution in [2.75, 3.05) is 0 Å². The standard InChI is InChI=1S/C18H13ClN2O3/c1-21-9(8-22)6-12-14(21)7-11(10-4-2-3-5-13(10)19)15-16(12)18(24)20-17(15)23/h2-7,22H,8H2,1H3,(H,20,23,24). The number of amides is 2. The van der Waals surface area contributed by atoms with E-state index in [9.17, 15) is 14.7 Å². The van der Waals surface area contributed by atoms with Gasteiger partial charge < -0.3 is 9.67 Å². The number of aromatic nitrogens is 1. The maximum absolute atomic E-state index is 12.4. The van der Waals surface area contributed by atoms with Crippen molar-refractivity contribution < 1.29 is 14.7 Å². The molecule has 120 valence electrons. The minimum Gasteiger partial charge on any atom is -0.390 e. The first-order valence-corrected chi connectivity index (χ1v) is 7.77. The lowest BCUT2D eigenvalue weighted by Gasteiger charge is -2.10. The molecule has 0 fully saturated rings. The number of fused-ring (bicyclic) bond motifs is 3. The Morgan fingerprint density at radius 2 is 1.79 bits per heavy atom. The third kappa shape index (κ3) is 1.92. The molecule has 0 bridgehead atoms. The van der Waals surface area contributed by atoms with E-state index in [1.165, 1.54) is 0 Å². The number of halogens is 1. The first-order chi connectivity index (χ1) is 11.5. The SMILES string of the molecule is Cn1c(CO)cc2c3c(c(-c4ccccc4Cl)cc21)C(=O)NC3=O. The molecule has 1 aromatic heterocycles. The van der Waals surface area contributed by atoms with Gasteiger partial charge in [-0.15, -0.1) is 0 Å². The highest BCUT2D eigenvalue weighted by Crippen LogP contribution is 2.38. The number of nitrogens with zero attached hydrogens (tertiary/aromatic N) is 1. The average molecular weight is 341 g/mol. The van der Waals surface area contributed by atoms with Crippen LogP contribution < -0.4 is 5.32 Å². The van der Waals surface area contributed by atoms with E-state index in [1.807, 2.05) is 35.9 Å². The predicted octanol–water partition coefficient (Wildman–Crippen LogP) is 2.87. The van der Waals surface area contributed by atoms with Gasteiger partial charge in [-0.05, 0) is 23.8 Å². The number of imide groups is 1. The van der Waals surface area contributed by atoms with Crippen molar-refractivity contribution in [3.05, 3.63) is 58.2 Å². The Labute approximate surface area is 142 Å². The first-order valence-electron chi connectivity index (χ1n) is 7.39. The van der Waals surface area contributed by atoms with E-state index in [2.05, 4.69) is 5.32 Å². The van der Waals surface area contributed by atoms with Gasteiger partial charge in [-0.3, -0.25) is 14.9 Å². The zero-order valence-corrected chi connectivity index (χ0v) is 13.5. The number of aliphatic hydroxyl groups is 1. The Balaban J connectivity index is 2.18. The molecule has 2 N–H and O–H groups in total. The summed E-state index contributed by atoms with van der Waals surface area (Å²) in [6.45, 7) is -0.156.